The molecule has 6 nitrogen and oxygen atoms in total. The molecule has 0 aromatic heterocycles. The highest BCUT2D eigenvalue weighted by Crippen LogP contribution is 2.23. The lowest BCUT2D eigenvalue weighted by atomic mass is 10.3. The van der Waals surface area contributed by atoms with Crippen molar-refractivity contribution < 1.29 is 19.1 Å². The predicted octanol–water partition coefficient (Wildman–Crippen LogP) is 2.13. The van der Waals surface area contributed by atoms with Gasteiger partial charge in [-0.3, -0.25) is 4.79 Å². The normalized spacial score (nSPS) is 14.6. The van der Waals surface area contributed by atoms with Crippen LogP contribution in [0.15, 0.2) is 28.7 Å². The summed E-state index contributed by atoms with van der Waals surface area (Å²) in [6.45, 7) is 4.09. The van der Waals surface area contributed by atoms with Gasteiger partial charge in [0.15, 0.2) is 6.61 Å². The van der Waals surface area contributed by atoms with Gasteiger partial charge in [-0.25, -0.2) is 4.79 Å². The van der Waals surface area contributed by atoms with Crippen LogP contribution < -0.4 is 4.74 Å². The fourth-order valence-corrected chi connectivity index (χ4v) is 2.54. The molecule has 0 atom stereocenters. The average Bonchev–Trinajstić information content (AvgIpc) is 2.54. The molecule has 0 aliphatic carbocycles. The number of hydrogen-bond acceptors (Lipinski definition) is 4. The molecule has 1 aliphatic heterocycles. The van der Waals surface area contributed by atoms with E-state index in [0.29, 0.717) is 38.5 Å². The molecule has 1 saturated heterocycles. The molecule has 0 unspecified atom stereocenters. The molecule has 0 saturated carbocycles. The summed E-state index contributed by atoms with van der Waals surface area (Å²) >= 11 is 3.37. The van der Waals surface area contributed by atoms with Crippen LogP contribution in [0.2, 0.25) is 0 Å². The fourth-order valence-electron chi connectivity index (χ4n) is 2.15. The standard InChI is InChI=1S/C15H19BrN2O4/c1-2-21-15(20)18-9-7-17(8-10-18)14(19)11-22-13-6-4-3-5-12(13)16/h3-6H,2,7-11H2,1H3. The van der Waals surface area contributed by atoms with Crippen LogP contribution in [0.4, 0.5) is 4.79 Å². The minimum absolute atomic E-state index is 0.0119. The lowest BCUT2D eigenvalue weighted by Gasteiger charge is -2.33. The summed E-state index contributed by atoms with van der Waals surface area (Å²) in [6, 6.07) is 7.39. The number of hydrogen-bond donors (Lipinski definition) is 0. The van der Waals surface area contributed by atoms with E-state index in [2.05, 4.69) is 15.9 Å². The van der Waals surface area contributed by atoms with Gasteiger partial charge in [-0.2, -0.15) is 0 Å². The van der Waals surface area contributed by atoms with Gasteiger partial charge in [0.2, 0.25) is 0 Å². The molecule has 120 valence electrons. The van der Waals surface area contributed by atoms with E-state index < -0.39 is 0 Å². The Labute approximate surface area is 138 Å². The minimum Gasteiger partial charge on any atom is -0.483 e. The van der Waals surface area contributed by atoms with Gasteiger partial charge in [-0.05, 0) is 35.0 Å². The number of carbonyl (C=O) groups is 2. The van der Waals surface area contributed by atoms with Crippen LogP contribution in [0.25, 0.3) is 0 Å². The van der Waals surface area contributed by atoms with Crippen LogP contribution in [0.1, 0.15) is 6.92 Å². The summed E-state index contributed by atoms with van der Waals surface area (Å²) in [4.78, 5) is 27.0. The van der Waals surface area contributed by atoms with E-state index >= 15 is 0 Å². The average molecular weight is 371 g/mol. The number of benzene rings is 1. The third kappa shape index (κ3) is 4.37. The van der Waals surface area contributed by atoms with Crippen LogP contribution in [0.5, 0.6) is 5.75 Å². The summed E-state index contributed by atoms with van der Waals surface area (Å²) in [6.07, 6.45) is -0.320. The molecule has 0 N–H and O–H groups in total. The number of piperazine rings is 1. The van der Waals surface area contributed by atoms with Crippen LogP contribution >= 0.6 is 15.9 Å². The van der Waals surface area contributed by atoms with E-state index in [9.17, 15) is 9.59 Å². The van der Waals surface area contributed by atoms with Crippen molar-refractivity contribution in [3.63, 3.8) is 0 Å². The molecule has 1 heterocycles. The van der Waals surface area contributed by atoms with Gasteiger partial charge in [0.05, 0.1) is 11.1 Å². The van der Waals surface area contributed by atoms with E-state index in [0.717, 1.165) is 4.47 Å². The molecule has 7 heteroatoms. The van der Waals surface area contributed by atoms with Gasteiger partial charge in [0.1, 0.15) is 5.75 Å². The van der Waals surface area contributed by atoms with Crippen molar-refractivity contribution in [1.82, 2.24) is 9.80 Å². The zero-order valence-electron chi connectivity index (χ0n) is 12.5. The Kier molecular flexibility index (Phi) is 6.06. The Morgan fingerprint density at radius 3 is 2.41 bits per heavy atom. The lowest BCUT2D eigenvalue weighted by molar-refractivity contribution is -0.135. The topological polar surface area (TPSA) is 59.1 Å². The molecule has 1 aromatic rings. The Morgan fingerprint density at radius 2 is 1.77 bits per heavy atom. The van der Waals surface area contributed by atoms with Gasteiger partial charge >= 0.3 is 6.09 Å². The zero-order chi connectivity index (χ0) is 15.9. The van der Waals surface area contributed by atoms with Crippen molar-refractivity contribution in [3.05, 3.63) is 28.7 Å². The molecule has 22 heavy (non-hydrogen) atoms. The van der Waals surface area contributed by atoms with Crippen molar-refractivity contribution in [3.8, 4) is 5.75 Å². The third-order valence-electron chi connectivity index (χ3n) is 3.35. The first-order chi connectivity index (χ1) is 10.6. The van der Waals surface area contributed by atoms with E-state index in [-0.39, 0.29) is 18.6 Å². The predicted molar refractivity (Wildman–Crippen MR) is 84.8 cm³/mol. The summed E-state index contributed by atoms with van der Waals surface area (Å²) in [5, 5.41) is 0. The summed E-state index contributed by atoms with van der Waals surface area (Å²) in [5.74, 6) is 0.556. The van der Waals surface area contributed by atoms with Crippen molar-refractivity contribution >= 4 is 27.9 Å². The first-order valence-electron chi connectivity index (χ1n) is 7.18. The second-order valence-corrected chi connectivity index (χ2v) is 5.64. The van der Waals surface area contributed by atoms with Crippen LogP contribution in [-0.2, 0) is 9.53 Å². The first-order valence-corrected chi connectivity index (χ1v) is 7.98. The monoisotopic (exact) mass is 370 g/mol. The summed E-state index contributed by atoms with van der Waals surface area (Å²) in [7, 11) is 0. The summed E-state index contributed by atoms with van der Waals surface area (Å²) in [5.41, 5.74) is 0. The van der Waals surface area contributed by atoms with Gasteiger partial charge in [-0.15, -0.1) is 0 Å². The lowest BCUT2D eigenvalue weighted by Crippen LogP contribution is -2.51. The largest absolute Gasteiger partial charge is 0.483 e. The highest BCUT2D eigenvalue weighted by atomic mass is 79.9. The Bertz CT molecular complexity index is 530. The SMILES string of the molecule is CCOC(=O)N1CCN(C(=O)COc2ccccc2Br)CC1. The molecule has 1 aliphatic rings. The maximum atomic E-state index is 12.1. The van der Waals surface area contributed by atoms with Crippen LogP contribution in [0.3, 0.4) is 0 Å². The van der Waals surface area contributed by atoms with Crippen molar-refractivity contribution in [2.24, 2.45) is 0 Å². The molecular weight excluding hydrogens is 352 g/mol. The van der Waals surface area contributed by atoms with E-state index in [1.54, 1.807) is 22.8 Å². The minimum atomic E-state index is -0.320. The van der Waals surface area contributed by atoms with Crippen LogP contribution in [0, 0.1) is 0 Å². The number of nitrogens with zero attached hydrogens (tertiary/aromatic N) is 2. The molecule has 0 radical (unpaired) electrons. The molecule has 0 bridgehead atoms. The Morgan fingerprint density at radius 1 is 1.14 bits per heavy atom. The molecule has 2 rings (SSSR count). The number of halogens is 1. The van der Waals surface area contributed by atoms with E-state index in [4.69, 9.17) is 9.47 Å². The maximum absolute atomic E-state index is 12.1. The maximum Gasteiger partial charge on any atom is 0.409 e. The zero-order valence-corrected chi connectivity index (χ0v) is 14.0. The Hall–Kier alpha value is -1.76. The van der Waals surface area contributed by atoms with E-state index in [1.165, 1.54) is 0 Å². The second-order valence-electron chi connectivity index (χ2n) is 4.79. The van der Waals surface area contributed by atoms with Crippen molar-refractivity contribution in [2.45, 2.75) is 6.92 Å². The molecule has 1 fully saturated rings. The van der Waals surface area contributed by atoms with Gasteiger partial charge in [0.25, 0.3) is 5.91 Å². The van der Waals surface area contributed by atoms with Crippen molar-refractivity contribution in [1.29, 1.82) is 0 Å². The molecular formula is C15H19BrN2O4. The second kappa shape index (κ2) is 8.03. The molecule has 0 spiro atoms. The highest BCUT2D eigenvalue weighted by Gasteiger charge is 2.25. The van der Waals surface area contributed by atoms with Crippen molar-refractivity contribution in [2.75, 3.05) is 39.4 Å². The fraction of sp³-hybridized carbons (Fsp3) is 0.467. The van der Waals surface area contributed by atoms with Crippen LogP contribution in [-0.4, -0.2) is 61.2 Å². The van der Waals surface area contributed by atoms with Gasteiger partial charge < -0.3 is 19.3 Å². The number of carbonyl (C=O) groups excluding carboxylic acids is 2. The number of para-hydroxylation sites is 1. The molecule has 1 aromatic carbocycles. The number of amides is 2. The van der Waals surface area contributed by atoms with Gasteiger partial charge in [-0.1, -0.05) is 12.1 Å². The highest BCUT2D eigenvalue weighted by molar-refractivity contribution is 9.10. The first kappa shape index (κ1) is 16.6. The Balaban J connectivity index is 1.78. The summed E-state index contributed by atoms with van der Waals surface area (Å²) < 4.78 is 11.3. The smallest absolute Gasteiger partial charge is 0.409 e. The van der Waals surface area contributed by atoms with Gasteiger partial charge in [0, 0.05) is 26.2 Å². The van der Waals surface area contributed by atoms with E-state index in [1.807, 2.05) is 18.2 Å². The number of ether oxygens (including phenoxy) is 2. The third-order valence-corrected chi connectivity index (χ3v) is 4.00. The molecule has 2 amide bonds. The quantitative estimate of drug-likeness (QED) is 0.814. The number of rotatable bonds is 4.